The molecule has 1 fully saturated rings. The van der Waals surface area contributed by atoms with E-state index in [0.29, 0.717) is 17.1 Å². The molecule has 21 heavy (non-hydrogen) atoms. The van der Waals surface area contributed by atoms with Crippen LogP contribution in [0.25, 0.3) is 0 Å². The van der Waals surface area contributed by atoms with E-state index in [1.807, 2.05) is 0 Å². The molecule has 0 amide bonds. The Hall–Kier alpha value is -0.523. The first kappa shape index (κ1) is 16.8. The first-order valence-corrected chi connectivity index (χ1v) is 11.6. The Balaban J connectivity index is 2.01. The van der Waals surface area contributed by atoms with E-state index in [0.717, 1.165) is 0 Å². The molecule has 2 atom stereocenters. The maximum Gasteiger partial charge on any atom is 0.192 e. The highest BCUT2D eigenvalue weighted by Gasteiger charge is 2.41. The van der Waals surface area contributed by atoms with Gasteiger partial charge in [0.05, 0.1) is 6.10 Å². The first-order chi connectivity index (χ1) is 9.79. The molecule has 0 aliphatic heterocycles. The standard InChI is InChI=1S/C19H32OSi/c1-19(2,3)21(4,5)20-18-13-9-12-17(18)15-14-16-10-7-6-8-11-16/h10,17-18H,6-9,11-13H2,1-5H3/t17-,18+/m0/s1. The quantitative estimate of drug-likeness (QED) is 0.471. The van der Waals surface area contributed by atoms with Crippen molar-refractivity contribution < 1.29 is 4.43 Å². The van der Waals surface area contributed by atoms with Crippen molar-refractivity contribution in [2.45, 2.75) is 90.0 Å². The van der Waals surface area contributed by atoms with Crippen molar-refractivity contribution in [3.63, 3.8) is 0 Å². The minimum Gasteiger partial charge on any atom is -0.413 e. The summed E-state index contributed by atoms with van der Waals surface area (Å²) in [6.45, 7) is 11.7. The topological polar surface area (TPSA) is 9.23 Å². The Bertz CT molecular complexity index is 444. The third kappa shape index (κ3) is 4.47. The Kier molecular flexibility index (Phi) is 5.38. The molecule has 0 aromatic heterocycles. The smallest absolute Gasteiger partial charge is 0.192 e. The maximum atomic E-state index is 6.63. The van der Waals surface area contributed by atoms with E-state index in [2.05, 4.69) is 51.8 Å². The molecule has 118 valence electrons. The van der Waals surface area contributed by atoms with Crippen LogP contribution in [-0.2, 0) is 4.43 Å². The lowest BCUT2D eigenvalue weighted by Gasteiger charge is -2.39. The molecule has 2 heteroatoms. The summed E-state index contributed by atoms with van der Waals surface area (Å²) in [5, 5.41) is 0.291. The van der Waals surface area contributed by atoms with Crippen molar-refractivity contribution in [3.8, 4) is 11.8 Å². The van der Waals surface area contributed by atoms with Gasteiger partial charge >= 0.3 is 0 Å². The predicted octanol–water partition coefficient (Wildman–Crippen LogP) is 5.68. The zero-order valence-electron chi connectivity index (χ0n) is 14.6. The van der Waals surface area contributed by atoms with Crippen LogP contribution in [-0.4, -0.2) is 14.4 Å². The van der Waals surface area contributed by atoms with Crippen LogP contribution in [0.4, 0.5) is 0 Å². The zero-order valence-corrected chi connectivity index (χ0v) is 15.6. The average molecular weight is 305 g/mol. The molecule has 0 unspecified atom stereocenters. The maximum absolute atomic E-state index is 6.63. The molecule has 0 aromatic carbocycles. The van der Waals surface area contributed by atoms with E-state index >= 15 is 0 Å². The van der Waals surface area contributed by atoms with Gasteiger partial charge in [0.15, 0.2) is 8.32 Å². The van der Waals surface area contributed by atoms with E-state index in [4.69, 9.17) is 4.43 Å². The molecule has 0 heterocycles. The van der Waals surface area contributed by atoms with Crippen molar-refractivity contribution in [3.05, 3.63) is 11.6 Å². The van der Waals surface area contributed by atoms with Gasteiger partial charge < -0.3 is 4.43 Å². The van der Waals surface area contributed by atoms with E-state index in [-0.39, 0.29) is 0 Å². The summed E-state index contributed by atoms with van der Waals surface area (Å²) in [5.74, 6) is 7.48. The third-order valence-corrected chi connectivity index (χ3v) is 9.92. The third-order valence-electron chi connectivity index (χ3n) is 5.41. The Morgan fingerprint density at radius 2 is 1.90 bits per heavy atom. The van der Waals surface area contributed by atoms with Gasteiger partial charge in [0.2, 0.25) is 0 Å². The van der Waals surface area contributed by atoms with Gasteiger partial charge in [-0.05, 0) is 68.7 Å². The van der Waals surface area contributed by atoms with E-state index in [1.165, 1.54) is 50.5 Å². The van der Waals surface area contributed by atoms with Crippen LogP contribution in [0.5, 0.6) is 0 Å². The second-order valence-corrected chi connectivity index (χ2v) is 13.0. The molecule has 0 spiro atoms. The molecular formula is C19H32OSi. The Morgan fingerprint density at radius 3 is 2.52 bits per heavy atom. The first-order valence-electron chi connectivity index (χ1n) is 8.68. The highest BCUT2D eigenvalue weighted by Crippen LogP contribution is 2.40. The van der Waals surface area contributed by atoms with E-state index in [1.54, 1.807) is 0 Å². The van der Waals surface area contributed by atoms with Gasteiger partial charge in [0.25, 0.3) is 0 Å². The lowest BCUT2D eigenvalue weighted by molar-refractivity contribution is 0.163. The van der Waals surface area contributed by atoms with Crippen LogP contribution in [0, 0.1) is 17.8 Å². The summed E-state index contributed by atoms with van der Waals surface area (Å²) in [4.78, 5) is 0. The fourth-order valence-electron chi connectivity index (χ4n) is 2.92. The zero-order chi connectivity index (χ0) is 15.5. The van der Waals surface area contributed by atoms with Gasteiger partial charge in [0, 0.05) is 5.92 Å². The molecule has 0 bridgehead atoms. The minimum absolute atomic E-state index is 0.291. The molecule has 2 aliphatic rings. The fourth-order valence-corrected chi connectivity index (χ4v) is 4.32. The van der Waals surface area contributed by atoms with Crippen molar-refractivity contribution in [1.82, 2.24) is 0 Å². The summed E-state index contributed by atoms with van der Waals surface area (Å²) in [5.41, 5.74) is 1.37. The molecule has 0 radical (unpaired) electrons. The SMILES string of the molecule is CC(C)(C)[Si](C)(C)O[C@@H]1CCC[C@H]1C#CC1=CCCCC1. The Morgan fingerprint density at radius 1 is 1.14 bits per heavy atom. The molecule has 0 aromatic rings. The van der Waals surface area contributed by atoms with Crippen LogP contribution in [0.2, 0.25) is 18.1 Å². The summed E-state index contributed by atoms with van der Waals surface area (Å²) in [6, 6.07) is 0. The molecule has 2 rings (SSSR count). The van der Waals surface area contributed by atoms with Crippen molar-refractivity contribution in [2.24, 2.45) is 5.92 Å². The van der Waals surface area contributed by atoms with Crippen LogP contribution in [0.3, 0.4) is 0 Å². The molecule has 1 nitrogen and oxygen atoms in total. The number of rotatable bonds is 2. The Labute approximate surface area is 132 Å². The van der Waals surface area contributed by atoms with Gasteiger partial charge in [-0.1, -0.05) is 38.7 Å². The second-order valence-electron chi connectivity index (χ2n) is 8.20. The number of hydrogen-bond donors (Lipinski definition) is 0. The molecule has 2 aliphatic carbocycles. The highest BCUT2D eigenvalue weighted by atomic mass is 28.4. The molecular weight excluding hydrogens is 272 g/mol. The van der Waals surface area contributed by atoms with Gasteiger partial charge in [-0.3, -0.25) is 0 Å². The van der Waals surface area contributed by atoms with E-state index in [9.17, 15) is 0 Å². The second kappa shape index (κ2) is 6.71. The lowest BCUT2D eigenvalue weighted by Crippen LogP contribution is -2.44. The van der Waals surface area contributed by atoms with Crippen LogP contribution in [0.1, 0.15) is 65.7 Å². The normalized spacial score (nSPS) is 27.0. The van der Waals surface area contributed by atoms with Crippen molar-refractivity contribution in [1.29, 1.82) is 0 Å². The van der Waals surface area contributed by atoms with Gasteiger partial charge in [0.1, 0.15) is 0 Å². The highest BCUT2D eigenvalue weighted by molar-refractivity contribution is 6.74. The average Bonchev–Trinajstić information content (AvgIpc) is 2.83. The van der Waals surface area contributed by atoms with Gasteiger partial charge in [-0.15, -0.1) is 0 Å². The predicted molar refractivity (Wildman–Crippen MR) is 93.7 cm³/mol. The van der Waals surface area contributed by atoms with Crippen LogP contribution >= 0.6 is 0 Å². The van der Waals surface area contributed by atoms with Gasteiger partial charge in [-0.25, -0.2) is 0 Å². The van der Waals surface area contributed by atoms with Crippen molar-refractivity contribution in [2.75, 3.05) is 0 Å². The summed E-state index contributed by atoms with van der Waals surface area (Å²) in [7, 11) is -1.66. The fraction of sp³-hybridized carbons (Fsp3) is 0.789. The largest absolute Gasteiger partial charge is 0.413 e. The summed E-state index contributed by atoms with van der Waals surface area (Å²) in [6.07, 6.45) is 11.5. The lowest BCUT2D eigenvalue weighted by atomic mass is 9.99. The summed E-state index contributed by atoms with van der Waals surface area (Å²) < 4.78 is 6.63. The minimum atomic E-state index is -1.66. The van der Waals surface area contributed by atoms with Crippen molar-refractivity contribution >= 4 is 8.32 Å². The molecule has 0 N–H and O–H groups in total. The van der Waals surface area contributed by atoms with E-state index < -0.39 is 8.32 Å². The molecule has 0 saturated heterocycles. The number of hydrogen-bond acceptors (Lipinski definition) is 1. The molecule has 1 saturated carbocycles. The van der Waals surface area contributed by atoms with Crippen LogP contribution in [0.15, 0.2) is 11.6 Å². The monoisotopic (exact) mass is 304 g/mol. The summed E-state index contributed by atoms with van der Waals surface area (Å²) >= 11 is 0. The number of allylic oxidation sites excluding steroid dienone is 2. The van der Waals surface area contributed by atoms with Crippen LogP contribution < -0.4 is 0 Å². The van der Waals surface area contributed by atoms with Gasteiger partial charge in [-0.2, -0.15) is 0 Å².